The quantitative estimate of drug-likeness (QED) is 0.900. The Morgan fingerprint density at radius 1 is 1.20 bits per heavy atom. The number of hydrogen-bond donors (Lipinski definition) is 2. The third-order valence-corrected chi connectivity index (χ3v) is 3.48. The van der Waals surface area contributed by atoms with Gasteiger partial charge in [0.15, 0.2) is 0 Å². The molecule has 0 saturated carbocycles. The molecule has 4 nitrogen and oxygen atoms in total. The van der Waals surface area contributed by atoms with E-state index in [9.17, 15) is 9.90 Å². The lowest BCUT2D eigenvalue weighted by Gasteiger charge is -2.16. The van der Waals surface area contributed by atoms with Gasteiger partial charge in [0, 0.05) is 5.56 Å². The molecular formula is C16H19NO3. The number of nitrogens with one attached hydrogen (secondary N) is 1. The smallest absolute Gasteiger partial charge is 0.255 e. The maximum absolute atomic E-state index is 12.4. The van der Waals surface area contributed by atoms with Gasteiger partial charge in [-0.05, 0) is 26.3 Å². The van der Waals surface area contributed by atoms with E-state index in [1.165, 1.54) is 0 Å². The van der Waals surface area contributed by atoms with Gasteiger partial charge in [-0.3, -0.25) is 4.79 Å². The summed E-state index contributed by atoms with van der Waals surface area (Å²) in [5.41, 5.74) is 2.26. The molecule has 2 aromatic rings. The van der Waals surface area contributed by atoms with E-state index in [0.29, 0.717) is 11.3 Å². The third kappa shape index (κ3) is 2.75. The molecule has 0 saturated heterocycles. The Morgan fingerprint density at radius 3 is 2.35 bits per heavy atom. The highest BCUT2D eigenvalue weighted by atomic mass is 16.3. The van der Waals surface area contributed by atoms with Crippen molar-refractivity contribution in [2.75, 3.05) is 6.61 Å². The summed E-state index contributed by atoms with van der Waals surface area (Å²) in [5, 5.41) is 12.3. The first kappa shape index (κ1) is 14.3. The summed E-state index contributed by atoms with van der Waals surface area (Å²) in [7, 11) is 0. The van der Waals surface area contributed by atoms with Gasteiger partial charge in [-0.2, -0.15) is 0 Å². The van der Waals surface area contributed by atoms with Gasteiger partial charge >= 0.3 is 0 Å². The van der Waals surface area contributed by atoms with Crippen molar-refractivity contribution in [3.8, 4) is 0 Å². The fraction of sp³-hybridized carbons (Fsp3) is 0.312. The van der Waals surface area contributed by atoms with Crippen LogP contribution >= 0.6 is 0 Å². The molecule has 0 spiro atoms. The Kier molecular flexibility index (Phi) is 4.25. The van der Waals surface area contributed by atoms with E-state index in [0.717, 1.165) is 16.9 Å². The molecule has 20 heavy (non-hydrogen) atoms. The average Bonchev–Trinajstić information content (AvgIpc) is 2.70. The van der Waals surface area contributed by atoms with Crippen LogP contribution in [0.15, 0.2) is 34.7 Å². The second-order valence-corrected chi connectivity index (χ2v) is 4.83. The summed E-state index contributed by atoms with van der Waals surface area (Å²) in [4.78, 5) is 12.4. The molecule has 1 aromatic heterocycles. The van der Waals surface area contributed by atoms with Gasteiger partial charge in [0.05, 0.1) is 18.2 Å². The van der Waals surface area contributed by atoms with Gasteiger partial charge < -0.3 is 14.8 Å². The minimum Gasteiger partial charge on any atom is -0.466 e. The lowest BCUT2D eigenvalue weighted by atomic mass is 10.1. The second kappa shape index (κ2) is 5.92. The summed E-state index contributed by atoms with van der Waals surface area (Å²) in [6.45, 7) is 5.31. The van der Waals surface area contributed by atoms with Crippen LogP contribution in [0.1, 0.15) is 39.0 Å². The van der Waals surface area contributed by atoms with E-state index < -0.39 is 6.04 Å². The monoisotopic (exact) mass is 273 g/mol. The molecule has 106 valence electrons. The molecule has 0 bridgehead atoms. The largest absolute Gasteiger partial charge is 0.466 e. The number of aliphatic hydroxyl groups excluding tert-OH is 1. The van der Waals surface area contributed by atoms with Crippen LogP contribution in [0.25, 0.3) is 0 Å². The predicted molar refractivity (Wildman–Crippen MR) is 76.7 cm³/mol. The summed E-state index contributed by atoms with van der Waals surface area (Å²) in [6, 6.07) is 8.99. The summed E-state index contributed by atoms with van der Waals surface area (Å²) < 4.78 is 5.46. The molecule has 0 aliphatic carbocycles. The van der Waals surface area contributed by atoms with E-state index in [1.54, 1.807) is 6.92 Å². The Morgan fingerprint density at radius 2 is 1.85 bits per heavy atom. The Balaban J connectivity index is 2.22. The number of carbonyl (C=O) groups excluding carboxylic acids is 1. The molecule has 0 unspecified atom stereocenters. The topological polar surface area (TPSA) is 62.5 Å². The molecule has 0 aliphatic rings. The van der Waals surface area contributed by atoms with Crippen LogP contribution in [0.2, 0.25) is 0 Å². The molecule has 0 radical (unpaired) electrons. The van der Waals surface area contributed by atoms with E-state index in [-0.39, 0.29) is 12.5 Å². The minimum absolute atomic E-state index is 0.148. The Labute approximate surface area is 118 Å². The molecule has 2 N–H and O–H groups in total. The zero-order valence-electron chi connectivity index (χ0n) is 11.9. The van der Waals surface area contributed by atoms with Crippen LogP contribution in [-0.4, -0.2) is 17.6 Å². The fourth-order valence-corrected chi connectivity index (χ4v) is 2.28. The maximum atomic E-state index is 12.4. The van der Waals surface area contributed by atoms with Gasteiger partial charge in [0.1, 0.15) is 11.5 Å². The molecule has 0 aliphatic heterocycles. The van der Waals surface area contributed by atoms with Crippen molar-refractivity contribution in [2.24, 2.45) is 0 Å². The van der Waals surface area contributed by atoms with Crippen LogP contribution < -0.4 is 5.32 Å². The van der Waals surface area contributed by atoms with Crippen molar-refractivity contribution in [1.29, 1.82) is 0 Å². The predicted octanol–water partition coefficient (Wildman–Crippen LogP) is 2.67. The third-order valence-electron chi connectivity index (χ3n) is 3.48. The highest BCUT2D eigenvalue weighted by Crippen LogP contribution is 2.22. The average molecular weight is 273 g/mol. The fourth-order valence-electron chi connectivity index (χ4n) is 2.28. The highest BCUT2D eigenvalue weighted by Gasteiger charge is 2.21. The van der Waals surface area contributed by atoms with E-state index in [1.807, 2.05) is 44.2 Å². The van der Waals surface area contributed by atoms with Crippen LogP contribution in [-0.2, 0) is 0 Å². The number of rotatable bonds is 4. The van der Waals surface area contributed by atoms with Crippen molar-refractivity contribution in [2.45, 2.75) is 26.8 Å². The number of hydrogen-bond acceptors (Lipinski definition) is 3. The highest BCUT2D eigenvalue weighted by molar-refractivity contribution is 5.97. The van der Waals surface area contributed by atoms with Gasteiger partial charge in [-0.15, -0.1) is 0 Å². The second-order valence-electron chi connectivity index (χ2n) is 4.83. The molecule has 1 heterocycles. The van der Waals surface area contributed by atoms with Crippen LogP contribution in [0.3, 0.4) is 0 Å². The van der Waals surface area contributed by atoms with E-state index >= 15 is 0 Å². The molecule has 1 atom stereocenters. The van der Waals surface area contributed by atoms with Crippen LogP contribution in [0.5, 0.6) is 0 Å². The van der Waals surface area contributed by atoms with Gasteiger partial charge in [-0.25, -0.2) is 0 Å². The lowest BCUT2D eigenvalue weighted by molar-refractivity contribution is 0.0914. The number of amides is 1. The van der Waals surface area contributed by atoms with Crippen LogP contribution in [0, 0.1) is 20.8 Å². The zero-order valence-corrected chi connectivity index (χ0v) is 11.9. The van der Waals surface area contributed by atoms with Crippen molar-refractivity contribution >= 4 is 5.91 Å². The summed E-state index contributed by atoms with van der Waals surface area (Å²) in [6.07, 6.45) is 0. The van der Waals surface area contributed by atoms with Gasteiger partial charge in [0.25, 0.3) is 5.91 Å². The van der Waals surface area contributed by atoms with Gasteiger partial charge in [0.2, 0.25) is 0 Å². The SMILES string of the molecule is Cc1oc(C)c(C(=O)N[C@@H](CO)c2ccccc2)c1C. The number of furan rings is 1. The summed E-state index contributed by atoms with van der Waals surface area (Å²) in [5.74, 6) is 1.12. The molecule has 2 rings (SSSR count). The van der Waals surface area contributed by atoms with Crippen molar-refractivity contribution in [3.05, 3.63) is 58.5 Å². The maximum Gasteiger partial charge on any atom is 0.255 e. The number of aliphatic hydroxyl groups is 1. The first-order chi connectivity index (χ1) is 9.54. The van der Waals surface area contributed by atoms with Crippen molar-refractivity contribution in [1.82, 2.24) is 5.32 Å². The lowest BCUT2D eigenvalue weighted by Crippen LogP contribution is -2.31. The number of benzene rings is 1. The minimum atomic E-state index is -0.419. The number of carbonyl (C=O) groups is 1. The van der Waals surface area contributed by atoms with Crippen molar-refractivity contribution in [3.63, 3.8) is 0 Å². The van der Waals surface area contributed by atoms with Gasteiger partial charge in [-0.1, -0.05) is 30.3 Å². The first-order valence-electron chi connectivity index (χ1n) is 6.57. The Hall–Kier alpha value is -2.07. The summed E-state index contributed by atoms with van der Waals surface area (Å²) >= 11 is 0. The van der Waals surface area contributed by atoms with E-state index in [4.69, 9.17) is 4.42 Å². The standard InChI is InChI=1S/C16H19NO3/c1-10-11(2)20-12(3)15(10)16(19)17-14(9-18)13-7-5-4-6-8-13/h4-8,14,18H,9H2,1-3H3,(H,17,19)/t14-/m0/s1. The van der Waals surface area contributed by atoms with Crippen molar-refractivity contribution < 1.29 is 14.3 Å². The molecule has 1 aromatic carbocycles. The molecule has 4 heteroatoms. The number of aryl methyl sites for hydroxylation is 2. The zero-order chi connectivity index (χ0) is 14.7. The molecule has 0 fully saturated rings. The van der Waals surface area contributed by atoms with E-state index in [2.05, 4.69) is 5.32 Å². The first-order valence-corrected chi connectivity index (χ1v) is 6.57. The molecule has 1 amide bonds. The normalized spacial score (nSPS) is 12.2. The Bertz CT molecular complexity index is 602. The van der Waals surface area contributed by atoms with Crippen LogP contribution in [0.4, 0.5) is 0 Å². The molecular weight excluding hydrogens is 254 g/mol.